The van der Waals surface area contributed by atoms with Gasteiger partial charge in [0.15, 0.2) is 5.75 Å². The number of hydrogen-bond donors (Lipinski definition) is 1. The third-order valence-electron chi connectivity index (χ3n) is 2.23. The fraction of sp³-hybridized carbons (Fsp3) is 0.727. The van der Waals surface area contributed by atoms with Crippen LogP contribution in [0.5, 0.6) is 5.75 Å². The Morgan fingerprint density at radius 1 is 1.40 bits per heavy atom. The summed E-state index contributed by atoms with van der Waals surface area (Å²) in [5, 5.41) is 4.13. The molecule has 0 aromatic carbocycles. The molecule has 0 bridgehead atoms. The number of hydrogen-bond acceptors (Lipinski definition) is 3. The minimum atomic E-state index is 0.609. The molecule has 1 aromatic heterocycles. The fourth-order valence-corrected chi connectivity index (χ4v) is 1.39. The highest BCUT2D eigenvalue weighted by molar-refractivity contribution is 5.11. The van der Waals surface area contributed by atoms with Crippen LogP contribution in [0.3, 0.4) is 0 Å². The van der Waals surface area contributed by atoms with Crippen molar-refractivity contribution in [3.63, 3.8) is 0 Å². The maximum atomic E-state index is 5.56. The summed E-state index contributed by atoms with van der Waals surface area (Å²) in [5.74, 6) is 0.847. The van der Waals surface area contributed by atoms with E-state index >= 15 is 0 Å². The Bertz CT molecular complexity index is 260. The van der Waals surface area contributed by atoms with E-state index in [2.05, 4.69) is 12.0 Å². The molecule has 0 saturated carbocycles. The summed E-state index contributed by atoms with van der Waals surface area (Å²) < 4.78 is 7.36. The Labute approximate surface area is 91.4 Å². The number of rotatable bonds is 8. The van der Waals surface area contributed by atoms with E-state index in [0.29, 0.717) is 6.54 Å². The van der Waals surface area contributed by atoms with E-state index in [4.69, 9.17) is 10.5 Å². The van der Waals surface area contributed by atoms with Crippen molar-refractivity contribution >= 4 is 0 Å². The molecule has 0 aliphatic rings. The van der Waals surface area contributed by atoms with E-state index in [0.717, 1.165) is 25.3 Å². The molecule has 0 saturated heterocycles. The maximum absolute atomic E-state index is 5.56. The van der Waals surface area contributed by atoms with Gasteiger partial charge in [0.2, 0.25) is 0 Å². The van der Waals surface area contributed by atoms with Crippen LogP contribution in [-0.4, -0.2) is 22.9 Å². The highest BCUT2D eigenvalue weighted by atomic mass is 16.5. The molecular formula is C11H21N3O. The molecule has 0 radical (unpaired) electrons. The maximum Gasteiger partial charge on any atom is 0.157 e. The second-order valence-corrected chi connectivity index (χ2v) is 3.64. The number of nitrogens with zero attached hydrogens (tertiary/aromatic N) is 2. The van der Waals surface area contributed by atoms with Gasteiger partial charge in [0, 0.05) is 6.54 Å². The summed E-state index contributed by atoms with van der Waals surface area (Å²) in [6.45, 7) is 4.35. The standard InChI is InChI=1S/C11H21N3O/c1-2-3-4-5-8-15-11-9-13-14(10-11)7-6-12/h9-10H,2-8,12H2,1H3. The number of unbranched alkanes of at least 4 members (excludes halogenated alkanes) is 3. The predicted octanol–water partition coefficient (Wildman–Crippen LogP) is 1.80. The molecule has 1 aromatic rings. The van der Waals surface area contributed by atoms with Gasteiger partial charge in [-0.15, -0.1) is 0 Å². The summed E-state index contributed by atoms with van der Waals surface area (Å²) in [6, 6.07) is 0. The van der Waals surface area contributed by atoms with Crippen molar-refractivity contribution in [2.45, 2.75) is 39.2 Å². The van der Waals surface area contributed by atoms with Crippen LogP contribution in [0.15, 0.2) is 12.4 Å². The van der Waals surface area contributed by atoms with Crippen LogP contribution >= 0.6 is 0 Å². The molecule has 86 valence electrons. The Hall–Kier alpha value is -1.03. The van der Waals surface area contributed by atoms with Crippen molar-refractivity contribution in [3.8, 4) is 5.75 Å². The molecule has 1 heterocycles. The lowest BCUT2D eigenvalue weighted by Gasteiger charge is -2.02. The molecule has 1 rings (SSSR count). The van der Waals surface area contributed by atoms with Gasteiger partial charge in [0.1, 0.15) is 0 Å². The molecule has 0 spiro atoms. The van der Waals surface area contributed by atoms with Gasteiger partial charge in [-0.1, -0.05) is 26.2 Å². The van der Waals surface area contributed by atoms with Crippen LogP contribution < -0.4 is 10.5 Å². The van der Waals surface area contributed by atoms with Crippen LogP contribution in [0.25, 0.3) is 0 Å². The molecular weight excluding hydrogens is 190 g/mol. The molecule has 0 unspecified atom stereocenters. The Kier molecular flexibility index (Phi) is 5.85. The van der Waals surface area contributed by atoms with Crippen molar-refractivity contribution in [1.29, 1.82) is 0 Å². The monoisotopic (exact) mass is 211 g/mol. The SMILES string of the molecule is CCCCCCOc1cnn(CCN)c1. The van der Waals surface area contributed by atoms with Crippen LogP contribution in [-0.2, 0) is 6.54 Å². The lowest BCUT2D eigenvalue weighted by Crippen LogP contribution is -2.09. The summed E-state index contributed by atoms with van der Waals surface area (Å²) >= 11 is 0. The van der Waals surface area contributed by atoms with Crippen molar-refractivity contribution in [2.24, 2.45) is 5.73 Å². The van der Waals surface area contributed by atoms with E-state index in [1.165, 1.54) is 19.3 Å². The van der Waals surface area contributed by atoms with Gasteiger partial charge in [0.25, 0.3) is 0 Å². The molecule has 0 aliphatic heterocycles. The second-order valence-electron chi connectivity index (χ2n) is 3.64. The lowest BCUT2D eigenvalue weighted by atomic mass is 10.2. The summed E-state index contributed by atoms with van der Waals surface area (Å²) in [5.41, 5.74) is 5.42. The van der Waals surface area contributed by atoms with E-state index in [1.807, 2.05) is 6.20 Å². The first kappa shape index (κ1) is 12.0. The Morgan fingerprint density at radius 3 is 3.00 bits per heavy atom. The highest BCUT2D eigenvalue weighted by Crippen LogP contribution is 2.09. The molecule has 0 atom stereocenters. The van der Waals surface area contributed by atoms with Crippen LogP contribution in [0, 0.1) is 0 Å². The topological polar surface area (TPSA) is 53.1 Å². The van der Waals surface area contributed by atoms with Crippen LogP contribution in [0.2, 0.25) is 0 Å². The average Bonchev–Trinajstić information content (AvgIpc) is 2.66. The highest BCUT2D eigenvalue weighted by Gasteiger charge is 1.98. The molecule has 4 nitrogen and oxygen atoms in total. The third-order valence-corrected chi connectivity index (χ3v) is 2.23. The minimum Gasteiger partial charge on any atom is -0.490 e. The Morgan fingerprint density at radius 2 is 2.27 bits per heavy atom. The first-order valence-corrected chi connectivity index (χ1v) is 5.72. The van der Waals surface area contributed by atoms with Crippen molar-refractivity contribution in [1.82, 2.24) is 9.78 Å². The predicted molar refractivity (Wildman–Crippen MR) is 60.9 cm³/mol. The summed E-state index contributed by atoms with van der Waals surface area (Å²) in [6.07, 6.45) is 8.55. The van der Waals surface area contributed by atoms with Crippen molar-refractivity contribution in [3.05, 3.63) is 12.4 Å². The number of nitrogens with two attached hydrogens (primary N) is 1. The zero-order chi connectivity index (χ0) is 10.9. The van der Waals surface area contributed by atoms with Gasteiger partial charge in [-0.2, -0.15) is 5.10 Å². The van der Waals surface area contributed by atoms with Gasteiger partial charge in [-0.05, 0) is 6.42 Å². The molecule has 0 fully saturated rings. The minimum absolute atomic E-state index is 0.609. The zero-order valence-corrected chi connectivity index (χ0v) is 9.48. The van der Waals surface area contributed by atoms with Crippen LogP contribution in [0.4, 0.5) is 0 Å². The van der Waals surface area contributed by atoms with Gasteiger partial charge < -0.3 is 10.5 Å². The smallest absolute Gasteiger partial charge is 0.157 e. The molecule has 0 amide bonds. The number of ether oxygens (including phenoxy) is 1. The van der Waals surface area contributed by atoms with E-state index in [-0.39, 0.29) is 0 Å². The molecule has 15 heavy (non-hydrogen) atoms. The Balaban J connectivity index is 2.14. The van der Waals surface area contributed by atoms with Gasteiger partial charge in [0.05, 0.1) is 25.5 Å². The van der Waals surface area contributed by atoms with Crippen molar-refractivity contribution in [2.75, 3.05) is 13.2 Å². The van der Waals surface area contributed by atoms with Gasteiger partial charge >= 0.3 is 0 Å². The largest absolute Gasteiger partial charge is 0.490 e. The zero-order valence-electron chi connectivity index (χ0n) is 9.48. The van der Waals surface area contributed by atoms with E-state index < -0.39 is 0 Å². The summed E-state index contributed by atoms with van der Waals surface area (Å²) in [7, 11) is 0. The first-order valence-electron chi connectivity index (χ1n) is 5.72. The first-order chi connectivity index (χ1) is 7.36. The van der Waals surface area contributed by atoms with Crippen molar-refractivity contribution < 1.29 is 4.74 Å². The quantitative estimate of drug-likeness (QED) is 0.667. The molecule has 4 heteroatoms. The van der Waals surface area contributed by atoms with E-state index in [1.54, 1.807) is 10.9 Å². The summed E-state index contributed by atoms with van der Waals surface area (Å²) in [4.78, 5) is 0. The normalized spacial score (nSPS) is 10.5. The van der Waals surface area contributed by atoms with Crippen LogP contribution in [0.1, 0.15) is 32.6 Å². The second kappa shape index (κ2) is 7.29. The molecule has 2 N–H and O–H groups in total. The lowest BCUT2D eigenvalue weighted by molar-refractivity contribution is 0.304. The number of aromatic nitrogens is 2. The van der Waals surface area contributed by atoms with E-state index in [9.17, 15) is 0 Å². The fourth-order valence-electron chi connectivity index (χ4n) is 1.39. The van der Waals surface area contributed by atoms with Gasteiger partial charge in [-0.25, -0.2) is 0 Å². The molecule has 0 aliphatic carbocycles. The third kappa shape index (κ3) is 4.83. The van der Waals surface area contributed by atoms with Gasteiger partial charge in [-0.3, -0.25) is 4.68 Å². The average molecular weight is 211 g/mol.